The topological polar surface area (TPSA) is 86.8 Å². The van der Waals surface area contributed by atoms with Crippen molar-refractivity contribution in [1.29, 1.82) is 0 Å². The number of halogens is 4. The highest BCUT2D eigenvalue weighted by Gasteiger charge is 2.35. The minimum atomic E-state index is -4.60. The van der Waals surface area contributed by atoms with Gasteiger partial charge in [-0.15, -0.1) is 0 Å². The van der Waals surface area contributed by atoms with Crippen molar-refractivity contribution >= 4 is 39.6 Å². The minimum absolute atomic E-state index is 0.00307. The van der Waals surface area contributed by atoms with Gasteiger partial charge < -0.3 is 15.0 Å². The summed E-state index contributed by atoms with van der Waals surface area (Å²) < 4.78 is 47.5. The van der Waals surface area contributed by atoms with Gasteiger partial charge in [0.25, 0.3) is 0 Å². The molecule has 3 rings (SSSR count). The first kappa shape index (κ1) is 26.7. The van der Waals surface area contributed by atoms with Crippen molar-refractivity contribution < 1.29 is 27.5 Å². The number of nitrogens with one attached hydrogen (secondary N) is 2. The van der Waals surface area contributed by atoms with E-state index in [1.807, 2.05) is 4.90 Å². The second-order valence-electron chi connectivity index (χ2n) is 9.05. The number of hydrogen-bond donors (Lipinski definition) is 2. The molecule has 1 aliphatic heterocycles. The molecule has 190 valence electrons. The molecule has 3 amide bonds. The lowest BCUT2D eigenvalue weighted by Gasteiger charge is -2.36. The fraction of sp³-hybridized carbons (Fsp3) is 0.435. The number of rotatable bonds is 4. The second-order valence-corrected chi connectivity index (χ2v) is 9.97. The minimum Gasteiger partial charge on any atom is -0.444 e. The van der Waals surface area contributed by atoms with E-state index in [1.165, 1.54) is 18.3 Å². The number of carbonyl (C=O) groups excluding carboxylic acids is 2. The quantitative estimate of drug-likeness (QED) is 0.514. The third kappa shape index (κ3) is 8.10. The number of aromatic nitrogens is 1. The maximum absolute atomic E-state index is 13.8. The highest BCUT2D eigenvalue weighted by atomic mass is 79.9. The number of alkyl halides is 3. The maximum Gasteiger partial charge on any atom is 0.416 e. The highest BCUT2D eigenvalue weighted by Crippen LogP contribution is 2.34. The summed E-state index contributed by atoms with van der Waals surface area (Å²) in [6.45, 7) is 6.95. The molecule has 0 radical (unpaired) electrons. The van der Waals surface area contributed by atoms with Gasteiger partial charge in [-0.25, -0.2) is 14.6 Å². The molecule has 1 aromatic heterocycles. The predicted octanol–water partition coefficient (Wildman–Crippen LogP) is 5.56. The van der Waals surface area contributed by atoms with Gasteiger partial charge in [-0.05, 0) is 50.6 Å². The standard InChI is InChI=1S/C23H27BrF3N5O3/c1-22(2,3)35-21(34)32-10-8-31(9-11-32)14-15-4-5-17(13-18(15)23(25,26)27)29-20(33)30-19-12-16(24)6-7-28-19/h4-7,12-13H,8-11,14H2,1-3H3,(H2,28,29,30,33). The van der Waals surface area contributed by atoms with Gasteiger partial charge in [-0.3, -0.25) is 10.2 Å². The van der Waals surface area contributed by atoms with Crippen molar-refractivity contribution in [2.75, 3.05) is 36.8 Å². The Morgan fingerprint density at radius 3 is 2.34 bits per heavy atom. The Morgan fingerprint density at radius 2 is 1.74 bits per heavy atom. The molecular formula is C23H27BrF3N5O3. The van der Waals surface area contributed by atoms with Gasteiger partial charge in [-0.2, -0.15) is 13.2 Å². The number of hydrogen-bond acceptors (Lipinski definition) is 5. The van der Waals surface area contributed by atoms with Gasteiger partial charge in [-0.1, -0.05) is 22.0 Å². The molecule has 0 spiro atoms. The van der Waals surface area contributed by atoms with Crippen molar-refractivity contribution in [2.45, 2.75) is 39.1 Å². The van der Waals surface area contributed by atoms with Crippen molar-refractivity contribution in [3.63, 3.8) is 0 Å². The number of urea groups is 1. The summed E-state index contributed by atoms with van der Waals surface area (Å²) in [6.07, 6.45) is -3.56. The van der Waals surface area contributed by atoms with E-state index >= 15 is 0 Å². The number of benzene rings is 1. The molecule has 8 nitrogen and oxygen atoms in total. The lowest BCUT2D eigenvalue weighted by Crippen LogP contribution is -2.49. The lowest BCUT2D eigenvalue weighted by atomic mass is 10.0. The van der Waals surface area contributed by atoms with Crippen LogP contribution in [0.5, 0.6) is 0 Å². The smallest absolute Gasteiger partial charge is 0.416 e. The monoisotopic (exact) mass is 557 g/mol. The average molecular weight is 558 g/mol. The number of carbonyl (C=O) groups is 2. The summed E-state index contributed by atoms with van der Waals surface area (Å²) in [5.74, 6) is 0.245. The first-order valence-electron chi connectivity index (χ1n) is 10.9. The van der Waals surface area contributed by atoms with Gasteiger partial charge in [0, 0.05) is 49.1 Å². The van der Waals surface area contributed by atoms with E-state index < -0.39 is 29.5 Å². The van der Waals surface area contributed by atoms with Crippen LogP contribution in [0.2, 0.25) is 0 Å². The fourth-order valence-electron chi connectivity index (χ4n) is 3.46. The summed E-state index contributed by atoms with van der Waals surface area (Å²) in [7, 11) is 0. The van der Waals surface area contributed by atoms with Crippen LogP contribution in [0.15, 0.2) is 41.0 Å². The van der Waals surface area contributed by atoms with Gasteiger partial charge in [0.15, 0.2) is 0 Å². The van der Waals surface area contributed by atoms with Crippen LogP contribution in [0.1, 0.15) is 31.9 Å². The van der Waals surface area contributed by atoms with Gasteiger partial charge >= 0.3 is 18.3 Å². The van der Waals surface area contributed by atoms with Crippen LogP contribution in [0.3, 0.4) is 0 Å². The van der Waals surface area contributed by atoms with Crippen molar-refractivity contribution in [1.82, 2.24) is 14.8 Å². The summed E-state index contributed by atoms with van der Waals surface area (Å²) in [4.78, 5) is 31.8. The molecule has 35 heavy (non-hydrogen) atoms. The van der Waals surface area contributed by atoms with Crippen molar-refractivity contribution in [3.05, 3.63) is 52.1 Å². The first-order chi connectivity index (χ1) is 16.3. The van der Waals surface area contributed by atoms with Crippen LogP contribution in [0.25, 0.3) is 0 Å². The van der Waals surface area contributed by atoms with E-state index in [4.69, 9.17) is 4.74 Å². The molecule has 1 saturated heterocycles. The molecule has 2 heterocycles. The number of pyridine rings is 1. The molecule has 0 atom stereocenters. The van der Waals surface area contributed by atoms with Crippen molar-refractivity contribution in [2.24, 2.45) is 0 Å². The van der Waals surface area contributed by atoms with Crippen molar-refractivity contribution in [3.8, 4) is 0 Å². The highest BCUT2D eigenvalue weighted by molar-refractivity contribution is 9.10. The Labute approximate surface area is 210 Å². The van der Waals surface area contributed by atoms with Crippen LogP contribution < -0.4 is 10.6 Å². The molecule has 0 unspecified atom stereocenters. The third-order valence-electron chi connectivity index (χ3n) is 5.05. The van der Waals surface area contributed by atoms with E-state index in [0.717, 1.165) is 6.07 Å². The third-order valence-corrected chi connectivity index (χ3v) is 5.55. The Morgan fingerprint density at radius 1 is 1.06 bits per heavy atom. The van der Waals surface area contributed by atoms with Gasteiger partial charge in [0.1, 0.15) is 11.4 Å². The molecule has 1 aromatic carbocycles. The molecule has 0 saturated carbocycles. The molecule has 2 N–H and O–H groups in total. The average Bonchev–Trinajstić information content (AvgIpc) is 2.73. The summed E-state index contributed by atoms with van der Waals surface area (Å²) in [5, 5.41) is 4.89. The number of piperazine rings is 1. The molecule has 2 aromatic rings. The number of ether oxygens (including phenoxy) is 1. The summed E-state index contributed by atoms with van der Waals surface area (Å²) >= 11 is 3.25. The molecule has 1 aliphatic rings. The number of nitrogens with zero attached hydrogens (tertiary/aromatic N) is 3. The van der Waals surface area contributed by atoms with Crippen LogP contribution >= 0.6 is 15.9 Å². The van der Waals surface area contributed by atoms with E-state index in [-0.39, 0.29) is 23.6 Å². The fourth-order valence-corrected chi connectivity index (χ4v) is 3.80. The molecule has 0 aliphatic carbocycles. The SMILES string of the molecule is CC(C)(C)OC(=O)N1CCN(Cc2ccc(NC(=O)Nc3cc(Br)ccn3)cc2C(F)(F)F)CC1. The van der Waals surface area contributed by atoms with Crippen LogP contribution in [-0.2, 0) is 17.5 Å². The molecule has 0 bridgehead atoms. The Kier molecular flexibility index (Phi) is 8.26. The molecule has 12 heteroatoms. The lowest BCUT2D eigenvalue weighted by molar-refractivity contribution is -0.138. The van der Waals surface area contributed by atoms with Gasteiger partial charge in [0.2, 0.25) is 0 Å². The van der Waals surface area contributed by atoms with E-state index in [2.05, 4.69) is 31.5 Å². The van der Waals surface area contributed by atoms with Gasteiger partial charge in [0.05, 0.1) is 5.56 Å². The predicted molar refractivity (Wildman–Crippen MR) is 129 cm³/mol. The molecule has 1 fully saturated rings. The number of anilines is 2. The largest absolute Gasteiger partial charge is 0.444 e. The zero-order chi connectivity index (χ0) is 25.8. The van der Waals surface area contributed by atoms with E-state index in [1.54, 1.807) is 37.8 Å². The molecular weight excluding hydrogens is 531 g/mol. The van der Waals surface area contributed by atoms with Crippen LogP contribution in [0, 0.1) is 0 Å². The Hall–Kier alpha value is -2.86. The zero-order valence-corrected chi connectivity index (χ0v) is 21.2. The van der Waals surface area contributed by atoms with E-state index in [0.29, 0.717) is 30.7 Å². The summed E-state index contributed by atoms with van der Waals surface area (Å²) in [5.41, 5.74) is -1.35. The van der Waals surface area contributed by atoms with E-state index in [9.17, 15) is 22.8 Å². The zero-order valence-electron chi connectivity index (χ0n) is 19.6. The summed E-state index contributed by atoms with van der Waals surface area (Å²) in [6, 6.07) is 6.22. The first-order valence-corrected chi connectivity index (χ1v) is 11.7. The Bertz CT molecular complexity index is 1070. The Balaban J connectivity index is 1.64. The maximum atomic E-state index is 13.8. The normalized spacial score (nSPS) is 15.0. The van der Waals surface area contributed by atoms with Crippen LogP contribution in [0.4, 0.5) is 34.3 Å². The number of amides is 3. The second kappa shape index (κ2) is 10.8. The van der Waals surface area contributed by atoms with Crippen LogP contribution in [-0.4, -0.2) is 58.7 Å².